The number of hydrogen-bond donors (Lipinski definition) is 1. The lowest BCUT2D eigenvalue weighted by Crippen LogP contribution is -2.45. The number of alkyl halides is 3. The van der Waals surface area contributed by atoms with Crippen LogP contribution in [0.25, 0.3) is 0 Å². The molecular formula is C17H27Cl2F3N2O. The third-order valence-electron chi connectivity index (χ3n) is 3.93. The Labute approximate surface area is 160 Å². The van der Waals surface area contributed by atoms with Gasteiger partial charge in [0, 0.05) is 38.6 Å². The molecule has 0 radical (unpaired) electrons. The standard InChI is InChI=1S/C17H25F3N2O.2ClH/c1-13(2)23-15-5-3-14(4-6-15)16(7-8-17(18,19)20)22-11-9-21-10-12-22;;/h3-6,13,16,21H,7-12H2,1-2H3;2*1H/t16-;;/m0../s1. The van der Waals surface area contributed by atoms with Crippen molar-refractivity contribution in [2.24, 2.45) is 0 Å². The van der Waals surface area contributed by atoms with E-state index in [0.717, 1.165) is 37.5 Å². The zero-order valence-corrected chi connectivity index (χ0v) is 16.1. The van der Waals surface area contributed by atoms with Gasteiger partial charge in [0.05, 0.1) is 6.10 Å². The Bertz CT molecular complexity index is 478. The molecule has 1 N–H and O–H groups in total. The number of halogens is 5. The Kier molecular flexibility index (Phi) is 10.8. The quantitative estimate of drug-likeness (QED) is 0.751. The summed E-state index contributed by atoms with van der Waals surface area (Å²) >= 11 is 0. The summed E-state index contributed by atoms with van der Waals surface area (Å²) in [5.74, 6) is 0.749. The van der Waals surface area contributed by atoms with Gasteiger partial charge in [-0.1, -0.05) is 12.1 Å². The second kappa shape index (κ2) is 11.1. The summed E-state index contributed by atoms with van der Waals surface area (Å²) in [4.78, 5) is 2.14. The van der Waals surface area contributed by atoms with Crippen LogP contribution >= 0.6 is 24.8 Å². The van der Waals surface area contributed by atoms with Gasteiger partial charge in [0.25, 0.3) is 0 Å². The van der Waals surface area contributed by atoms with Gasteiger partial charge in [-0.25, -0.2) is 0 Å². The van der Waals surface area contributed by atoms with Gasteiger partial charge in [0.2, 0.25) is 0 Å². The number of nitrogens with one attached hydrogen (secondary N) is 1. The molecule has 1 fully saturated rings. The van der Waals surface area contributed by atoms with E-state index in [4.69, 9.17) is 4.74 Å². The molecule has 1 heterocycles. The molecule has 1 aliphatic rings. The molecule has 0 aliphatic carbocycles. The lowest BCUT2D eigenvalue weighted by molar-refractivity contribution is -0.138. The van der Waals surface area contributed by atoms with Gasteiger partial charge in [-0.3, -0.25) is 4.90 Å². The molecular weight excluding hydrogens is 376 g/mol. The molecule has 1 saturated heterocycles. The summed E-state index contributed by atoms with van der Waals surface area (Å²) in [5.41, 5.74) is 0.923. The lowest BCUT2D eigenvalue weighted by atomic mass is 9.99. The highest BCUT2D eigenvalue weighted by atomic mass is 35.5. The topological polar surface area (TPSA) is 24.5 Å². The molecule has 0 spiro atoms. The molecule has 1 atom stereocenters. The van der Waals surface area contributed by atoms with Gasteiger partial charge >= 0.3 is 6.18 Å². The molecule has 0 unspecified atom stereocenters. The van der Waals surface area contributed by atoms with Crippen molar-refractivity contribution < 1.29 is 17.9 Å². The van der Waals surface area contributed by atoms with Crippen molar-refractivity contribution in [2.75, 3.05) is 26.2 Å². The van der Waals surface area contributed by atoms with E-state index in [1.807, 2.05) is 38.1 Å². The van der Waals surface area contributed by atoms with Crippen LogP contribution in [0.1, 0.15) is 38.3 Å². The van der Waals surface area contributed by atoms with E-state index in [-0.39, 0.29) is 43.4 Å². The predicted molar refractivity (Wildman–Crippen MR) is 99.2 cm³/mol. The molecule has 2 rings (SSSR count). The minimum Gasteiger partial charge on any atom is -0.491 e. The average molecular weight is 403 g/mol. The molecule has 1 aromatic rings. The molecule has 0 amide bonds. The fraction of sp³-hybridized carbons (Fsp3) is 0.647. The molecule has 146 valence electrons. The summed E-state index contributed by atoms with van der Waals surface area (Å²) in [6.45, 7) is 7.06. The van der Waals surface area contributed by atoms with Crippen LogP contribution in [0.4, 0.5) is 13.2 Å². The summed E-state index contributed by atoms with van der Waals surface area (Å²) in [6, 6.07) is 7.27. The van der Waals surface area contributed by atoms with Gasteiger partial charge in [0.15, 0.2) is 0 Å². The molecule has 1 aromatic carbocycles. The highest BCUT2D eigenvalue weighted by Gasteiger charge is 2.31. The molecule has 25 heavy (non-hydrogen) atoms. The Balaban J connectivity index is 0.00000288. The van der Waals surface area contributed by atoms with Crippen LogP contribution in [-0.4, -0.2) is 43.4 Å². The van der Waals surface area contributed by atoms with Gasteiger partial charge in [-0.2, -0.15) is 13.2 Å². The van der Waals surface area contributed by atoms with E-state index in [1.165, 1.54) is 0 Å². The summed E-state index contributed by atoms with van der Waals surface area (Å²) in [6.07, 6.45) is -4.71. The van der Waals surface area contributed by atoms with Crippen molar-refractivity contribution in [1.82, 2.24) is 10.2 Å². The zero-order valence-electron chi connectivity index (χ0n) is 14.5. The fourth-order valence-electron chi connectivity index (χ4n) is 2.89. The number of ether oxygens (including phenoxy) is 1. The van der Waals surface area contributed by atoms with Crippen LogP contribution < -0.4 is 10.1 Å². The highest BCUT2D eigenvalue weighted by Crippen LogP contribution is 2.32. The van der Waals surface area contributed by atoms with Crippen molar-refractivity contribution in [3.05, 3.63) is 29.8 Å². The van der Waals surface area contributed by atoms with E-state index in [1.54, 1.807) is 0 Å². The number of hydrogen-bond acceptors (Lipinski definition) is 3. The van der Waals surface area contributed by atoms with Crippen molar-refractivity contribution in [1.29, 1.82) is 0 Å². The second-order valence-corrected chi connectivity index (χ2v) is 6.19. The summed E-state index contributed by atoms with van der Waals surface area (Å²) in [5, 5.41) is 3.24. The molecule has 0 saturated carbocycles. The molecule has 0 aromatic heterocycles. The lowest BCUT2D eigenvalue weighted by Gasteiger charge is -2.35. The second-order valence-electron chi connectivity index (χ2n) is 6.19. The first-order valence-electron chi connectivity index (χ1n) is 8.13. The van der Waals surface area contributed by atoms with Crippen LogP contribution in [0.3, 0.4) is 0 Å². The first kappa shape index (κ1) is 24.3. The van der Waals surface area contributed by atoms with Crippen LogP contribution in [0.15, 0.2) is 24.3 Å². The minimum atomic E-state index is -4.12. The van der Waals surface area contributed by atoms with Crippen LogP contribution in [0.5, 0.6) is 5.75 Å². The highest BCUT2D eigenvalue weighted by molar-refractivity contribution is 5.85. The molecule has 8 heteroatoms. The maximum Gasteiger partial charge on any atom is 0.389 e. The maximum absolute atomic E-state index is 12.7. The van der Waals surface area contributed by atoms with Crippen molar-refractivity contribution in [2.45, 2.75) is 45.0 Å². The molecule has 3 nitrogen and oxygen atoms in total. The van der Waals surface area contributed by atoms with Crippen molar-refractivity contribution in [3.63, 3.8) is 0 Å². The zero-order chi connectivity index (χ0) is 16.9. The van der Waals surface area contributed by atoms with E-state index >= 15 is 0 Å². The van der Waals surface area contributed by atoms with E-state index in [2.05, 4.69) is 10.2 Å². The molecule has 1 aliphatic heterocycles. The average Bonchev–Trinajstić information content (AvgIpc) is 2.48. The van der Waals surface area contributed by atoms with Gasteiger partial charge in [-0.05, 0) is 38.0 Å². The maximum atomic E-state index is 12.7. The van der Waals surface area contributed by atoms with E-state index in [0.29, 0.717) is 0 Å². The van der Waals surface area contributed by atoms with Gasteiger partial charge in [-0.15, -0.1) is 24.8 Å². The van der Waals surface area contributed by atoms with Crippen LogP contribution in [-0.2, 0) is 0 Å². The normalized spacial score (nSPS) is 16.7. The van der Waals surface area contributed by atoms with Gasteiger partial charge < -0.3 is 10.1 Å². The number of benzene rings is 1. The van der Waals surface area contributed by atoms with Gasteiger partial charge in [0.1, 0.15) is 5.75 Å². The largest absolute Gasteiger partial charge is 0.491 e. The summed E-state index contributed by atoms with van der Waals surface area (Å²) < 4.78 is 43.6. The first-order valence-corrected chi connectivity index (χ1v) is 8.13. The first-order chi connectivity index (χ1) is 10.8. The van der Waals surface area contributed by atoms with E-state index in [9.17, 15) is 13.2 Å². The Morgan fingerprint density at radius 3 is 2.12 bits per heavy atom. The van der Waals surface area contributed by atoms with Crippen LogP contribution in [0, 0.1) is 0 Å². The third kappa shape index (κ3) is 8.49. The van der Waals surface area contributed by atoms with Crippen LogP contribution in [0.2, 0.25) is 0 Å². The summed E-state index contributed by atoms with van der Waals surface area (Å²) in [7, 11) is 0. The Morgan fingerprint density at radius 2 is 1.64 bits per heavy atom. The number of rotatable bonds is 6. The Morgan fingerprint density at radius 1 is 1.08 bits per heavy atom. The molecule has 0 bridgehead atoms. The number of piperazine rings is 1. The number of nitrogens with zero attached hydrogens (tertiary/aromatic N) is 1. The third-order valence-corrected chi connectivity index (χ3v) is 3.93. The SMILES string of the molecule is CC(C)Oc1ccc([C@H](CCC(F)(F)F)N2CCNCC2)cc1.Cl.Cl. The van der Waals surface area contributed by atoms with Crippen molar-refractivity contribution in [3.8, 4) is 5.75 Å². The van der Waals surface area contributed by atoms with Crippen molar-refractivity contribution >= 4 is 24.8 Å². The fourth-order valence-corrected chi connectivity index (χ4v) is 2.89. The van der Waals surface area contributed by atoms with E-state index < -0.39 is 12.6 Å². The Hall–Kier alpha value is -0.690. The monoisotopic (exact) mass is 402 g/mol. The minimum absolute atomic E-state index is 0. The smallest absolute Gasteiger partial charge is 0.389 e. The predicted octanol–water partition coefficient (Wildman–Crippen LogP) is 4.61.